The standard InChI is InChI=1S/C17H19Br2N/c1-13(15-5-3-2-4-6-15)9-10-20-12-14-7-8-16(18)17(19)11-14/h2-8,11,13,20H,9-10,12H2,1H3. The van der Waals surface area contributed by atoms with Crippen LogP contribution in [0.1, 0.15) is 30.4 Å². The van der Waals surface area contributed by atoms with Crippen LogP contribution in [-0.4, -0.2) is 6.54 Å². The average molecular weight is 397 g/mol. The molecule has 0 radical (unpaired) electrons. The predicted octanol–water partition coefficient (Wildman–Crippen LogP) is 5.50. The predicted molar refractivity (Wildman–Crippen MR) is 93.0 cm³/mol. The minimum atomic E-state index is 0.598. The zero-order chi connectivity index (χ0) is 14.4. The molecule has 2 aromatic carbocycles. The first-order valence-electron chi connectivity index (χ1n) is 6.86. The summed E-state index contributed by atoms with van der Waals surface area (Å²) in [5, 5.41) is 3.51. The summed E-state index contributed by atoms with van der Waals surface area (Å²) in [6.07, 6.45) is 1.15. The molecule has 0 amide bonds. The van der Waals surface area contributed by atoms with E-state index in [1.807, 2.05) is 0 Å². The monoisotopic (exact) mass is 395 g/mol. The van der Waals surface area contributed by atoms with Crippen LogP contribution in [0, 0.1) is 0 Å². The first kappa shape index (κ1) is 15.7. The lowest BCUT2D eigenvalue weighted by molar-refractivity contribution is 0.594. The van der Waals surface area contributed by atoms with Crippen LogP contribution in [0.4, 0.5) is 0 Å². The van der Waals surface area contributed by atoms with E-state index in [0.29, 0.717) is 5.92 Å². The Morgan fingerprint density at radius 1 is 1.00 bits per heavy atom. The van der Waals surface area contributed by atoms with Gasteiger partial charge in [-0.05, 0) is 74.0 Å². The molecule has 1 unspecified atom stereocenters. The Morgan fingerprint density at radius 3 is 2.45 bits per heavy atom. The van der Waals surface area contributed by atoms with Crippen molar-refractivity contribution < 1.29 is 0 Å². The summed E-state index contributed by atoms with van der Waals surface area (Å²) in [5.41, 5.74) is 2.72. The van der Waals surface area contributed by atoms with Crippen molar-refractivity contribution in [3.05, 3.63) is 68.6 Å². The van der Waals surface area contributed by atoms with Crippen molar-refractivity contribution >= 4 is 31.9 Å². The average Bonchev–Trinajstić information content (AvgIpc) is 2.48. The highest BCUT2D eigenvalue weighted by Crippen LogP contribution is 2.23. The second-order valence-electron chi connectivity index (χ2n) is 5.03. The zero-order valence-electron chi connectivity index (χ0n) is 11.6. The van der Waals surface area contributed by atoms with Gasteiger partial charge in [0.2, 0.25) is 0 Å². The summed E-state index contributed by atoms with van der Waals surface area (Å²) in [4.78, 5) is 0. The molecule has 0 heterocycles. The Kier molecular flexibility index (Phi) is 6.27. The maximum atomic E-state index is 3.53. The van der Waals surface area contributed by atoms with E-state index in [1.165, 1.54) is 11.1 Å². The van der Waals surface area contributed by atoms with Gasteiger partial charge in [-0.2, -0.15) is 0 Å². The van der Waals surface area contributed by atoms with Crippen LogP contribution in [0.15, 0.2) is 57.5 Å². The fourth-order valence-electron chi connectivity index (χ4n) is 2.15. The molecule has 2 rings (SSSR count). The van der Waals surface area contributed by atoms with Crippen LogP contribution in [0.25, 0.3) is 0 Å². The third kappa shape index (κ3) is 4.72. The number of rotatable bonds is 6. The SMILES string of the molecule is CC(CCNCc1ccc(Br)c(Br)c1)c1ccccc1. The van der Waals surface area contributed by atoms with Crippen molar-refractivity contribution in [1.29, 1.82) is 0 Å². The molecule has 0 aromatic heterocycles. The van der Waals surface area contributed by atoms with E-state index in [9.17, 15) is 0 Å². The van der Waals surface area contributed by atoms with Crippen LogP contribution in [-0.2, 0) is 6.54 Å². The molecular weight excluding hydrogens is 378 g/mol. The van der Waals surface area contributed by atoms with Crippen LogP contribution in [0.3, 0.4) is 0 Å². The molecule has 0 spiro atoms. The van der Waals surface area contributed by atoms with Gasteiger partial charge < -0.3 is 5.32 Å². The lowest BCUT2D eigenvalue weighted by Gasteiger charge is -2.12. The molecule has 1 atom stereocenters. The number of halogens is 2. The van der Waals surface area contributed by atoms with Crippen molar-refractivity contribution in [3.8, 4) is 0 Å². The molecule has 0 aliphatic carbocycles. The third-order valence-corrected chi connectivity index (χ3v) is 5.32. The van der Waals surface area contributed by atoms with Gasteiger partial charge in [0.15, 0.2) is 0 Å². The fourth-order valence-corrected chi connectivity index (χ4v) is 2.82. The van der Waals surface area contributed by atoms with E-state index < -0.39 is 0 Å². The van der Waals surface area contributed by atoms with Crippen LogP contribution in [0.2, 0.25) is 0 Å². The van der Waals surface area contributed by atoms with Crippen molar-refractivity contribution in [2.24, 2.45) is 0 Å². The highest BCUT2D eigenvalue weighted by Gasteiger charge is 2.04. The van der Waals surface area contributed by atoms with Gasteiger partial charge in [0.1, 0.15) is 0 Å². The lowest BCUT2D eigenvalue weighted by atomic mass is 9.98. The molecule has 0 bridgehead atoms. The van der Waals surface area contributed by atoms with Crippen LogP contribution < -0.4 is 5.32 Å². The molecule has 0 saturated carbocycles. The minimum Gasteiger partial charge on any atom is -0.313 e. The van der Waals surface area contributed by atoms with Crippen LogP contribution >= 0.6 is 31.9 Å². The van der Waals surface area contributed by atoms with E-state index in [1.54, 1.807) is 0 Å². The summed E-state index contributed by atoms with van der Waals surface area (Å²) in [7, 11) is 0. The normalized spacial score (nSPS) is 12.3. The maximum absolute atomic E-state index is 3.53. The minimum absolute atomic E-state index is 0.598. The van der Waals surface area contributed by atoms with Gasteiger partial charge in [0.25, 0.3) is 0 Å². The summed E-state index contributed by atoms with van der Waals surface area (Å²) >= 11 is 7.02. The van der Waals surface area contributed by atoms with E-state index in [2.05, 4.69) is 92.6 Å². The molecule has 0 aliphatic heterocycles. The second kappa shape index (κ2) is 7.96. The highest BCUT2D eigenvalue weighted by atomic mass is 79.9. The van der Waals surface area contributed by atoms with Crippen molar-refractivity contribution in [2.45, 2.75) is 25.8 Å². The third-order valence-electron chi connectivity index (χ3n) is 3.44. The van der Waals surface area contributed by atoms with Crippen molar-refractivity contribution in [3.63, 3.8) is 0 Å². The largest absolute Gasteiger partial charge is 0.313 e. The molecule has 1 N–H and O–H groups in total. The van der Waals surface area contributed by atoms with Gasteiger partial charge in [-0.3, -0.25) is 0 Å². The maximum Gasteiger partial charge on any atom is 0.0320 e. The summed E-state index contributed by atoms with van der Waals surface area (Å²) in [5.74, 6) is 0.598. The van der Waals surface area contributed by atoms with Crippen molar-refractivity contribution in [2.75, 3.05) is 6.54 Å². The molecule has 0 saturated heterocycles. The highest BCUT2D eigenvalue weighted by molar-refractivity contribution is 9.13. The molecule has 2 aromatic rings. The second-order valence-corrected chi connectivity index (χ2v) is 6.73. The molecular formula is C17H19Br2N. The molecule has 20 heavy (non-hydrogen) atoms. The molecule has 3 heteroatoms. The Labute approximate surface area is 138 Å². The molecule has 1 nitrogen and oxygen atoms in total. The van der Waals surface area contributed by atoms with E-state index in [0.717, 1.165) is 28.5 Å². The Bertz CT molecular complexity index is 540. The van der Waals surface area contributed by atoms with Gasteiger partial charge in [0, 0.05) is 15.5 Å². The Balaban J connectivity index is 1.75. The van der Waals surface area contributed by atoms with E-state index >= 15 is 0 Å². The Hall–Kier alpha value is -0.640. The first-order chi connectivity index (χ1) is 9.66. The quantitative estimate of drug-likeness (QED) is 0.636. The topological polar surface area (TPSA) is 12.0 Å². The van der Waals surface area contributed by atoms with E-state index in [4.69, 9.17) is 0 Å². The van der Waals surface area contributed by atoms with Gasteiger partial charge in [-0.1, -0.05) is 43.3 Å². The van der Waals surface area contributed by atoms with Gasteiger partial charge >= 0.3 is 0 Å². The molecule has 0 aliphatic rings. The van der Waals surface area contributed by atoms with Crippen molar-refractivity contribution in [1.82, 2.24) is 5.32 Å². The Morgan fingerprint density at radius 2 is 1.75 bits per heavy atom. The summed E-state index contributed by atoms with van der Waals surface area (Å²) < 4.78 is 2.20. The van der Waals surface area contributed by atoms with Gasteiger partial charge in [-0.25, -0.2) is 0 Å². The van der Waals surface area contributed by atoms with Gasteiger partial charge in [0.05, 0.1) is 0 Å². The number of benzene rings is 2. The fraction of sp³-hybridized carbons (Fsp3) is 0.294. The lowest BCUT2D eigenvalue weighted by Crippen LogP contribution is -2.16. The summed E-state index contributed by atoms with van der Waals surface area (Å²) in [6, 6.07) is 17.1. The number of nitrogens with one attached hydrogen (secondary N) is 1. The van der Waals surface area contributed by atoms with Gasteiger partial charge in [-0.15, -0.1) is 0 Å². The van der Waals surface area contributed by atoms with Crippen LogP contribution in [0.5, 0.6) is 0 Å². The number of hydrogen-bond donors (Lipinski definition) is 1. The smallest absolute Gasteiger partial charge is 0.0320 e. The molecule has 0 fully saturated rings. The molecule has 106 valence electrons. The zero-order valence-corrected chi connectivity index (χ0v) is 14.7. The summed E-state index contributed by atoms with van der Waals surface area (Å²) in [6.45, 7) is 4.23. The number of hydrogen-bond acceptors (Lipinski definition) is 1. The van der Waals surface area contributed by atoms with E-state index in [-0.39, 0.29) is 0 Å². The first-order valence-corrected chi connectivity index (χ1v) is 8.45.